The normalized spacial score (nSPS) is 31.3. The topological polar surface area (TPSA) is 0 Å². The van der Waals surface area contributed by atoms with Crippen LogP contribution in [0.4, 0.5) is 0 Å². The molecule has 15 heavy (non-hydrogen) atoms. The Labute approximate surface area is 105 Å². The zero-order valence-corrected chi connectivity index (χ0v) is 11.4. The lowest BCUT2D eigenvalue weighted by Crippen LogP contribution is -2.07. The first-order valence-corrected chi connectivity index (χ1v) is 6.52. The molecule has 3 heteroatoms. The Bertz CT molecular complexity index is 356. The molecule has 1 atom stereocenters. The van der Waals surface area contributed by atoms with Gasteiger partial charge in [-0.2, -0.15) is 0 Å². The fourth-order valence-electron chi connectivity index (χ4n) is 1.85. The van der Waals surface area contributed by atoms with E-state index in [1.165, 1.54) is 4.90 Å². The Morgan fingerprint density at radius 3 is 1.87 bits per heavy atom. The second kappa shape index (κ2) is 3.32. The van der Waals surface area contributed by atoms with Crippen LogP contribution in [-0.2, 0) is 0 Å². The van der Waals surface area contributed by atoms with E-state index in [2.05, 4.69) is 32.9 Å². The quantitative estimate of drug-likeness (QED) is 0.692. The number of rotatable bonds is 2. The third-order valence-corrected chi connectivity index (χ3v) is 7.24. The molecule has 0 N–H and O–H groups in total. The summed E-state index contributed by atoms with van der Waals surface area (Å²) < 4.78 is -0.745. The predicted octanol–water partition coefficient (Wildman–Crippen LogP) is 4.75. The van der Waals surface area contributed by atoms with Gasteiger partial charge in [-0.3, -0.25) is 0 Å². The van der Waals surface area contributed by atoms with Crippen LogP contribution in [0, 0.1) is 5.41 Å². The highest BCUT2D eigenvalue weighted by atomic mass is 35.5. The highest BCUT2D eigenvalue weighted by Gasteiger charge is 2.79. The van der Waals surface area contributed by atoms with Crippen molar-refractivity contribution in [2.24, 2.45) is 5.41 Å². The Hall–Kier alpha value is 0.150. The molecular weight excluding hydrogens is 247 g/mol. The van der Waals surface area contributed by atoms with Gasteiger partial charge in [0.2, 0.25) is 0 Å². The van der Waals surface area contributed by atoms with Crippen molar-refractivity contribution in [3.63, 3.8) is 0 Å². The predicted molar refractivity (Wildman–Crippen MR) is 68.9 cm³/mol. The zero-order chi connectivity index (χ0) is 11.3. The van der Waals surface area contributed by atoms with Crippen molar-refractivity contribution in [2.75, 3.05) is 0 Å². The summed E-state index contributed by atoms with van der Waals surface area (Å²) in [4.78, 5) is 1.22. The number of hydrogen-bond acceptors (Lipinski definition) is 1. The molecule has 1 aromatic carbocycles. The maximum Gasteiger partial charge on any atom is 0.140 e. The molecule has 0 aromatic heterocycles. The number of hydrogen-bond donors (Lipinski definition) is 0. The number of alkyl halides is 2. The maximum atomic E-state index is 6.33. The van der Waals surface area contributed by atoms with Crippen molar-refractivity contribution in [1.29, 1.82) is 0 Å². The van der Waals surface area contributed by atoms with E-state index in [9.17, 15) is 0 Å². The molecule has 0 saturated heterocycles. The van der Waals surface area contributed by atoms with Crippen molar-refractivity contribution >= 4 is 35.0 Å². The van der Waals surface area contributed by atoms with Crippen LogP contribution in [0.5, 0.6) is 0 Å². The molecule has 1 aromatic rings. The number of thioether (sulfide) groups is 1. The molecule has 0 amide bonds. The second-order valence-electron chi connectivity index (χ2n) is 4.65. The average Bonchev–Trinajstić information content (AvgIpc) is 2.46. The average molecular weight is 261 g/mol. The van der Waals surface area contributed by atoms with Gasteiger partial charge < -0.3 is 0 Å². The molecule has 0 radical (unpaired) electrons. The zero-order valence-electron chi connectivity index (χ0n) is 9.05. The minimum absolute atomic E-state index is 0.0520. The Kier molecular flexibility index (Phi) is 2.57. The minimum atomic E-state index is -0.638. The Balaban J connectivity index is 2.22. The molecule has 0 bridgehead atoms. The molecule has 0 aliphatic heterocycles. The first-order chi connectivity index (χ1) is 6.83. The second-order valence-corrected chi connectivity index (χ2v) is 7.47. The highest BCUT2D eigenvalue weighted by molar-refractivity contribution is 8.01. The summed E-state index contributed by atoms with van der Waals surface area (Å²) >= 11 is 14.4. The Morgan fingerprint density at radius 1 is 1.00 bits per heavy atom. The molecule has 0 heterocycles. The summed E-state index contributed by atoms with van der Waals surface area (Å²) in [5.41, 5.74) is -0.0520. The van der Waals surface area contributed by atoms with Crippen LogP contribution < -0.4 is 0 Å². The Morgan fingerprint density at radius 2 is 1.47 bits per heavy atom. The van der Waals surface area contributed by atoms with E-state index < -0.39 is 4.33 Å². The standard InChI is InChI=1S/C12H14Cl2S/c1-10(2)11(3,12(10,13)14)15-9-7-5-4-6-8-9/h4-8H,1-3H3. The third kappa shape index (κ3) is 1.44. The van der Waals surface area contributed by atoms with E-state index >= 15 is 0 Å². The van der Waals surface area contributed by atoms with Gasteiger partial charge in [-0.05, 0) is 19.1 Å². The molecule has 1 aliphatic rings. The fraction of sp³-hybridized carbons (Fsp3) is 0.500. The number of halogens is 2. The van der Waals surface area contributed by atoms with Crippen molar-refractivity contribution < 1.29 is 0 Å². The first-order valence-electron chi connectivity index (χ1n) is 4.95. The lowest BCUT2D eigenvalue weighted by atomic mass is 10.1. The van der Waals surface area contributed by atoms with Gasteiger partial charge in [0, 0.05) is 10.3 Å². The van der Waals surface area contributed by atoms with E-state index in [-0.39, 0.29) is 10.2 Å². The lowest BCUT2D eigenvalue weighted by Gasteiger charge is -2.13. The van der Waals surface area contributed by atoms with Gasteiger partial charge in [0.05, 0.1) is 4.75 Å². The molecule has 1 unspecified atom stereocenters. The molecule has 1 fully saturated rings. The van der Waals surface area contributed by atoms with Gasteiger partial charge in [-0.25, -0.2) is 0 Å². The molecule has 82 valence electrons. The molecule has 2 rings (SSSR count). The van der Waals surface area contributed by atoms with Crippen molar-refractivity contribution in [3.8, 4) is 0 Å². The molecular formula is C12H14Cl2S. The summed E-state index contributed by atoms with van der Waals surface area (Å²) in [6, 6.07) is 10.3. The van der Waals surface area contributed by atoms with E-state index in [1.807, 2.05) is 18.2 Å². The summed E-state index contributed by atoms with van der Waals surface area (Å²) in [7, 11) is 0. The van der Waals surface area contributed by atoms with E-state index in [4.69, 9.17) is 23.2 Å². The summed E-state index contributed by atoms with van der Waals surface area (Å²) in [5.74, 6) is 0. The van der Waals surface area contributed by atoms with Crippen molar-refractivity contribution in [2.45, 2.75) is 34.7 Å². The summed E-state index contributed by atoms with van der Waals surface area (Å²) in [6.07, 6.45) is 0. The van der Waals surface area contributed by atoms with Crippen LogP contribution in [0.3, 0.4) is 0 Å². The van der Waals surface area contributed by atoms with Gasteiger partial charge in [0.1, 0.15) is 4.33 Å². The molecule has 0 spiro atoms. The molecule has 1 aliphatic carbocycles. The summed E-state index contributed by atoms with van der Waals surface area (Å²) in [5, 5.41) is 0. The maximum absolute atomic E-state index is 6.33. The van der Waals surface area contributed by atoms with Gasteiger partial charge in [0.25, 0.3) is 0 Å². The smallest absolute Gasteiger partial charge is 0.116 e. The van der Waals surface area contributed by atoms with Crippen LogP contribution in [0.25, 0.3) is 0 Å². The molecule has 0 nitrogen and oxygen atoms in total. The van der Waals surface area contributed by atoms with E-state index in [0.717, 1.165) is 0 Å². The SMILES string of the molecule is CC1(C)C(Cl)(Cl)C1(C)Sc1ccccc1. The van der Waals surface area contributed by atoms with Crippen LogP contribution in [0.1, 0.15) is 20.8 Å². The van der Waals surface area contributed by atoms with Gasteiger partial charge in [-0.15, -0.1) is 11.8 Å². The van der Waals surface area contributed by atoms with Crippen LogP contribution >= 0.6 is 35.0 Å². The fourth-order valence-corrected chi connectivity index (χ4v) is 4.45. The largest absolute Gasteiger partial charge is 0.140 e. The first kappa shape index (κ1) is 11.6. The van der Waals surface area contributed by atoms with Gasteiger partial charge in [-0.1, -0.05) is 55.2 Å². The van der Waals surface area contributed by atoms with Crippen molar-refractivity contribution in [1.82, 2.24) is 0 Å². The highest BCUT2D eigenvalue weighted by Crippen LogP contribution is 2.78. The monoisotopic (exact) mass is 260 g/mol. The molecule has 1 saturated carbocycles. The van der Waals surface area contributed by atoms with Crippen molar-refractivity contribution in [3.05, 3.63) is 30.3 Å². The van der Waals surface area contributed by atoms with Gasteiger partial charge >= 0.3 is 0 Å². The number of benzene rings is 1. The van der Waals surface area contributed by atoms with E-state index in [0.29, 0.717) is 0 Å². The lowest BCUT2D eigenvalue weighted by molar-refractivity contribution is 0.602. The van der Waals surface area contributed by atoms with Crippen LogP contribution in [0.15, 0.2) is 35.2 Å². The van der Waals surface area contributed by atoms with E-state index in [1.54, 1.807) is 11.8 Å². The summed E-state index contributed by atoms with van der Waals surface area (Å²) in [6.45, 7) is 6.36. The van der Waals surface area contributed by atoms with Crippen LogP contribution in [-0.4, -0.2) is 9.08 Å². The van der Waals surface area contributed by atoms with Gasteiger partial charge in [0.15, 0.2) is 0 Å². The minimum Gasteiger partial charge on any atom is -0.116 e. The van der Waals surface area contributed by atoms with Crippen LogP contribution in [0.2, 0.25) is 0 Å². The third-order valence-electron chi connectivity index (χ3n) is 3.58.